The molecule has 2 fully saturated rings. The Morgan fingerprint density at radius 2 is 1.76 bits per heavy atom. The van der Waals surface area contributed by atoms with Crippen molar-refractivity contribution in [3.63, 3.8) is 0 Å². The second-order valence-electron chi connectivity index (χ2n) is 8.63. The van der Waals surface area contributed by atoms with Crippen LogP contribution in [0.15, 0.2) is 41.3 Å². The molecule has 3 aliphatic rings. The first kappa shape index (κ1) is 23.4. The van der Waals surface area contributed by atoms with Gasteiger partial charge in [0.2, 0.25) is 0 Å². The summed E-state index contributed by atoms with van der Waals surface area (Å²) < 4.78 is 6.07. The first-order valence-corrected chi connectivity index (χ1v) is 12.9. The third kappa shape index (κ3) is 5.15. The molecule has 3 aliphatic heterocycles. The number of ether oxygens (including phenoxy) is 1. The normalized spacial score (nSPS) is 19.9. The number of thiocarbonyl (C=S) groups is 1. The van der Waals surface area contributed by atoms with Crippen LogP contribution in [0.2, 0.25) is 5.02 Å². The number of likely N-dealkylation sites (tertiary alicyclic amines) is 1. The fourth-order valence-electron chi connectivity index (χ4n) is 4.43. The van der Waals surface area contributed by atoms with Gasteiger partial charge < -0.3 is 15.0 Å². The Kier molecular flexibility index (Phi) is 6.92. The number of halogens is 1. The highest BCUT2D eigenvalue weighted by molar-refractivity contribution is 8.26. The topological polar surface area (TPSA) is 61.9 Å². The molecule has 3 heterocycles. The summed E-state index contributed by atoms with van der Waals surface area (Å²) in [4.78, 5) is 29.5. The largest absolute Gasteiger partial charge is 0.480 e. The van der Waals surface area contributed by atoms with Gasteiger partial charge in [0.05, 0.1) is 22.2 Å². The van der Waals surface area contributed by atoms with Gasteiger partial charge in [0.25, 0.3) is 11.8 Å². The maximum Gasteiger partial charge on any atom is 0.265 e. The Morgan fingerprint density at radius 3 is 2.44 bits per heavy atom. The van der Waals surface area contributed by atoms with Gasteiger partial charge in [-0.2, -0.15) is 0 Å². The van der Waals surface area contributed by atoms with E-state index in [1.807, 2.05) is 6.07 Å². The highest BCUT2D eigenvalue weighted by atomic mass is 35.5. The van der Waals surface area contributed by atoms with E-state index >= 15 is 0 Å². The molecule has 1 N–H and O–H groups in total. The van der Waals surface area contributed by atoms with E-state index in [1.54, 1.807) is 17.0 Å². The lowest BCUT2D eigenvalue weighted by atomic mass is 10.1. The number of amides is 2. The summed E-state index contributed by atoms with van der Waals surface area (Å²) in [6.07, 6.45) is 5.59. The van der Waals surface area contributed by atoms with E-state index in [-0.39, 0.29) is 18.4 Å². The first-order valence-electron chi connectivity index (χ1n) is 11.3. The number of rotatable bonds is 5. The monoisotopic (exact) mass is 513 g/mol. The Balaban J connectivity index is 1.37. The number of nitrogens with one attached hydrogen (secondary N) is 1. The molecule has 9 heteroatoms. The van der Waals surface area contributed by atoms with Crippen molar-refractivity contribution in [3.8, 4) is 5.75 Å². The number of thioether (sulfide) groups is 1. The standard InChI is InChI=1S/C25H24ClN3O3S2/c26-19-10-18(12-21-24(31)27-25(33)34-21)11-20-23(19)32-15-22(30)29(20)14-17-6-4-16(5-7-17)13-28-8-2-1-3-9-28/h4-7,10-12H,1-3,8-9,13-15H2,(H,27,31,33). The number of carbonyl (C=O) groups is 2. The number of hydrogen-bond donors (Lipinski definition) is 1. The number of nitrogens with zero attached hydrogens (tertiary/aromatic N) is 2. The van der Waals surface area contributed by atoms with Crippen LogP contribution < -0.4 is 15.0 Å². The van der Waals surface area contributed by atoms with Crippen LogP contribution in [0.3, 0.4) is 0 Å². The maximum absolute atomic E-state index is 12.8. The molecular formula is C25H24ClN3O3S2. The van der Waals surface area contributed by atoms with Crippen molar-refractivity contribution in [3.05, 3.63) is 63.0 Å². The molecule has 0 saturated carbocycles. The predicted octanol–water partition coefficient (Wildman–Crippen LogP) is 4.74. The van der Waals surface area contributed by atoms with E-state index in [0.29, 0.717) is 37.8 Å². The van der Waals surface area contributed by atoms with Gasteiger partial charge in [0.1, 0.15) is 4.32 Å². The fourth-order valence-corrected chi connectivity index (χ4v) is 5.75. The van der Waals surface area contributed by atoms with Crippen LogP contribution >= 0.6 is 35.6 Å². The van der Waals surface area contributed by atoms with Crippen molar-refractivity contribution in [2.24, 2.45) is 0 Å². The number of fused-ring (bicyclic) bond motifs is 1. The zero-order chi connectivity index (χ0) is 23.7. The summed E-state index contributed by atoms with van der Waals surface area (Å²) in [5.41, 5.74) is 3.60. The van der Waals surface area contributed by atoms with Crippen molar-refractivity contribution in [2.45, 2.75) is 32.4 Å². The Bertz CT molecular complexity index is 1180. The van der Waals surface area contributed by atoms with Gasteiger partial charge in [-0.3, -0.25) is 14.5 Å². The minimum atomic E-state index is -0.238. The fraction of sp³-hybridized carbons (Fsp3) is 0.320. The minimum absolute atomic E-state index is 0.0628. The lowest BCUT2D eigenvalue weighted by Crippen LogP contribution is -2.38. The second kappa shape index (κ2) is 10.1. The average molecular weight is 514 g/mol. The molecule has 0 bridgehead atoms. The molecule has 0 radical (unpaired) electrons. The van der Waals surface area contributed by atoms with Gasteiger partial charge in [-0.1, -0.05) is 66.3 Å². The third-order valence-electron chi connectivity index (χ3n) is 6.14. The SMILES string of the molecule is O=C1NC(=S)SC1=Cc1cc(Cl)c2c(c1)N(Cc1ccc(CN3CCCCC3)cc1)C(=O)CO2. The van der Waals surface area contributed by atoms with Crippen LogP contribution in [0.25, 0.3) is 6.08 Å². The highest BCUT2D eigenvalue weighted by Gasteiger charge is 2.29. The van der Waals surface area contributed by atoms with Crippen LogP contribution in [0, 0.1) is 0 Å². The average Bonchev–Trinajstić information content (AvgIpc) is 3.14. The van der Waals surface area contributed by atoms with Crippen LogP contribution in [0.4, 0.5) is 5.69 Å². The van der Waals surface area contributed by atoms with Gasteiger partial charge in [-0.25, -0.2) is 0 Å². The minimum Gasteiger partial charge on any atom is -0.480 e. The zero-order valence-corrected chi connectivity index (χ0v) is 20.9. The number of carbonyl (C=O) groups excluding carboxylic acids is 2. The van der Waals surface area contributed by atoms with Gasteiger partial charge >= 0.3 is 0 Å². The molecule has 5 rings (SSSR count). The summed E-state index contributed by atoms with van der Waals surface area (Å²) in [6.45, 7) is 3.63. The van der Waals surface area contributed by atoms with E-state index in [2.05, 4.69) is 34.5 Å². The van der Waals surface area contributed by atoms with E-state index in [9.17, 15) is 9.59 Å². The highest BCUT2D eigenvalue weighted by Crippen LogP contribution is 2.41. The maximum atomic E-state index is 12.8. The number of piperidine rings is 1. The molecule has 2 aromatic rings. The third-order valence-corrected chi connectivity index (χ3v) is 7.58. The Morgan fingerprint density at radius 1 is 1.06 bits per heavy atom. The quantitative estimate of drug-likeness (QED) is 0.460. The number of benzene rings is 2. The molecule has 0 aliphatic carbocycles. The van der Waals surface area contributed by atoms with Gasteiger partial charge in [0, 0.05) is 6.54 Å². The van der Waals surface area contributed by atoms with Crippen LogP contribution in [-0.4, -0.2) is 40.7 Å². The first-order chi connectivity index (χ1) is 16.5. The second-order valence-corrected chi connectivity index (χ2v) is 10.8. The summed E-state index contributed by atoms with van der Waals surface area (Å²) in [6, 6.07) is 12.0. The van der Waals surface area contributed by atoms with Crippen LogP contribution in [0.5, 0.6) is 5.75 Å². The molecule has 0 unspecified atom stereocenters. The molecule has 34 heavy (non-hydrogen) atoms. The lowest BCUT2D eigenvalue weighted by molar-refractivity contribution is -0.121. The Hall–Kier alpha value is -2.39. The van der Waals surface area contributed by atoms with Gasteiger partial charge in [-0.15, -0.1) is 0 Å². The molecule has 2 aromatic carbocycles. The summed E-state index contributed by atoms with van der Waals surface area (Å²) in [5.74, 6) is 0.0989. The zero-order valence-electron chi connectivity index (χ0n) is 18.5. The molecule has 176 valence electrons. The van der Waals surface area contributed by atoms with Crippen molar-refractivity contribution < 1.29 is 14.3 Å². The predicted molar refractivity (Wildman–Crippen MR) is 140 cm³/mol. The van der Waals surface area contributed by atoms with E-state index in [1.165, 1.54) is 36.6 Å². The van der Waals surface area contributed by atoms with E-state index < -0.39 is 0 Å². The number of anilines is 1. The van der Waals surface area contributed by atoms with Crippen LogP contribution in [0.1, 0.15) is 36.0 Å². The molecular weight excluding hydrogens is 490 g/mol. The van der Waals surface area contributed by atoms with Crippen molar-refractivity contribution >= 4 is 63.5 Å². The molecule has 6 nitrogen and oxygen atoms in total. The van der Waals surface area contributed by atoms with Crippen molar-refractivity contribution in [1.29, 1.82) is 0 Å². The van der Waals surface area contributed by atoms with Crippen molar-refractivity contribution in [2.75, 3.05) is 24.6 Å². The van der Waals surface area contributed by atoms with Crippen molar-refractivity contribution in [1.82, 2.24) is 10.2 Å². The molecule has 0 aromatic heterocycles. The molecule has 2 saturated heterocycles. The summed E-state index contributed by atoms with van der Waals surface area (Å²) in [7, 11) is 0. The van der Waals surface area contributed by atoms with Gasteiger partial charge in [-0.05, 0) is 60.8 Å². The molecule has 2 amide bonds. The molecule has 0 spiro atoms. The lowest BCUT2D eigenvalue weighted by Gasteiger charge is -2.30. The van der Waals surface area contributed by atoms with Gasteiger partial charge in [0.15, 0.2) is 12.4 Å². The van der Waals surface area contributed by atoms with E-state index in [4.69, 9.17) is 28.6 Å². The van der Waals surface area contributed by atoms with E-state index in [0.717, 1.165) is 25.2 Å². The van der Waals surface area contributed by atoms with Crippen LogP contribution in [-0.2, 0) is 22.7 Å². The summed E-state index contributed by atoms with van der Waals surface area (Å²) in [5, 5.41) is 3.00. The summed E-state index contributed by atoms with van der Waals surface area (Å²) >= 11 is 12.8. The Labute approximate surface area is 213 Å². The smallest absolute Gasteiger partial charge is 0.265 e. The number of hydrogen-bond acceptors (Lipinski definition) is 6. The molecule has 0 atom stereocenters.